The number of carbonyl (C=O) groups excluding carboxylic acids is 1. The topological polar surface area (TPSA) is 70.8 Å². The highest BCUT2D eigenvalue weighted by molar-refractivity contribution is 8.01. The lowest BCUT2D eigenvalue weighted by Gasteiger charge is -2.31. The maximum absolute atomic E-state index is 11.6. The van der Waals surface area contributed by atoms with Crippen LogP contribution in [0.25, 0.3) is 0 Å². The molecule has 5 nitrogen and oxygen atoms in total. The van der Waals surface area contributed by atoms with E-state index in [0.717, 1.165) is 17.7 Å². The Bertz CT molecular complexity index is 518. The van der Waals surface area contributed by atoms with Crippen LogP contribution in [0.5, 0.6) is 0 Å². The van der Waals surface area contributed by atoms with E-state index in [-0.39, 0.29) is 16.4 Å². The molecule has 3 rings (SSSR count). The van der Waals surface area contributed by atoms with Gasteiger partial charge in [0.05, 0.1) is 4.90 Å². The average Bonchev–Trinajstić information content (AvgIpc) is 2.86. The number of hydrogen-bond acceptors (Lipinski definition) is 4. The smallest absolute Gasteiger partial charge is 0.374 e. The van der Waals surface area contributed by atoms with Gasteiger partial charge in [-0.05, 0) is 12.8 Å². The van der Waals surface area contributed by atoms with Crippen molar-refractivity contribution < 1.29 is 19.1 Å². The number of carbonyl (C=O) groups is 2. The first-order chi connectivity index (χ1) is 8.02. The number of nitrogens with zero attached hydrogens (tertiary/aromatic N) is 1. The Kier molecular flexibility index (Phi) is 2.07. The summed E-state index contributed by atoms with van der Waals surface area (Å²) in [5.74, 6) is -1.41. The van der Waals surface area contributed by atoms with Crippen LogP contribution in [-0.2, 0) is 4.79 Å². The van der Waals surface area contributed by atoms with Crippen molar-refractivity contribution in [3.05, 3.63) is 12.0 Å². The molecule has 1 fully saturated rings. The molecule has 90 valence electrons. The monoisotopic (exact) mass is 253 g/mol. The summed E-state index contributed by atoms with van der Waals surface area (Å²) in [6.07, 6.45) is 3.57. The predicted octanol–water partition coefficient (Wildman–Crippen LogP) is 1.97. The number of carboxylic acid groups (broad SMARTS) is 1. The fourth-order valence-electron chi connectivity index (χ4n) is 2.12. The lowest BCUT2D eigenvalue weighted by molar-refractivity contribution is -0.116. The van der Waals surface area contributed by atoms with Crippen LogP contribution in [-0.4, -0.2) is 28.3 Å². The van der Waals surface area contributed by atoms with Crippen LogP contribution in [0.3, 0.4) is 0 Å². The number of carboxylic acids is 1. The largest absolute Gasteiger partial charge is 0.475 e. The summed E-state index contributed by atoms with van der Waals surface area (Å²) in [5.41, 5.74) is 0.424. The van der Waals surface area contributed by atoms with Crippen LogP contribution in [0.15, 0.2) is 15.6 Å². The van der Waals surface area contributed by atoms with Crippen molar-refractivity contribution in [2.24, 2.45) is 0 Å². The van der Waals surface area contributed by atoms with Crippen LogP contribution in [0.1, 0.15) is 30.3 Å². The molecule has 2 aliphatic rings. The summed E-state index contributed by atoms with van der Waals surface area (Å²) < 4.78 is 5.16. The Hall–Kier alpha value is -1.43. The normalized spacial score (nSPS) is 20.2. The van der Waals surface area contributed by atoms with Gasteiger partial charge in [0.1, 0.15) is 12.0 Å². The van der Waals surface area contributed by atoms with E-state index in [0.29, 0.717) is 12.2 Å². The van der Waals surface area contributed by atoms with E-state index in [4.69, 9.17) is 9.52 Å². The van der Waals surface area contributed by atoms with Crippen LogP contribution in [0.2, 0.25) is 0 Å². The van der Waals surface area contributed by atoms with E-state index in [9.17, 15) is 9.59 Å². The summed E-state index contributed by atoms with van der Waals surface area (Å²) in [6.45, 7) is 2.04. The van der Waals surface area contributed by atoms with Crippen LogP contribution >= 0.6 is 11.8 Å². The molecule has 0 radical (unpaired) electrons. The first-order valence-corrected chi connectivity index (χ1v) is 6.16. The Balaban J connectivity index is 2.11. The minimum atomic E-state index is -1.13. The van der Waals surface area contributed by atoms with Crippen LogP contribution in [0, 0.1) is 0 Å². The van der Waals surface area contributed by atoms with Crippen LogP contribution in [0.4, 0.5) is 5.69 Å². The molecule has 1 aromatic heterocycles. The predicted molar refractivity (Wildman–Crippen MR) is 61.5 cm³/mol. The zero-order valence-electron chi connectivity index (χ0n) is 9.23. The third kappa shape index (κ3) is 1.55. The van der Waals surface area contributed by atoms with Crippen molar-refractivity contribution in [3.63, 3.8) is 0 Å². The van der Waals surface area contributed by atoms with Gasteiger partial charge in [0.15, 0.2) is 0 Å². The molecular weight excluding hydrogens is 242 g/mol. The fourth-order valence-corrected chi connectivity index (χ4v) is 3.48. The van der Waals surface area contributed by atoms with Crippen molar-refractivity contribution in [3.8, 4) is 0 Å². The van der Waals surface area contributed by atoms with Gasteiger partial charge < -0.3 is 14.4 Å². The zero-order chi connectivity index (χ0) is 12.2. The quantitative estimate of drug-likeness (QED) is 0.828. The van der Waals surface area contributed by atoms with Gasteiger partial charge >= 0.3 is 5.97 Å². The number of hydrogen-bond donors (Lipinski definition) is 1. The highest BCUT2D eigenvalue weighted by Crippen LogP contribution is 2.58. The number of aromatic carboxylic acids is 1. The van der Waals surface area contributed by atoms with E-state index >= 15 is 0 Å². The molecule has 6 heteroatoms. The number of anilines is 1. The minimum absolute atomic E-state index is 0.0956. The maximum Gasteiger partial charge on any atom is 0.374 e. The van der Waals surface area contributed by atoms with E-state index in [2.05, 4.69) is 0 Å². The molecule has 1 saturated carbocycles. The molecule has 0 saturated heterocycles. The summed E-state index contributed by atoms with van der Waals surface area (Å²) in [6, 6.07) is 0. The second-order valence-corrected chi connectivity index (χ2v) is 5.98. The molecule has 0 atom stereocenters. The maximum atomic E-state index is 11.6. The Morgan fingerprint density at radius 2 is 2.24 bits per heavy atom. The third-order valence-electron chi connectivity index (χ3n) is 3.16. The standard InChI is InChI=1S/C11H11NO4S/c1-6(13)12-5-11(2-3-11)17-7-4-16-9(8(7)12)10(14)15/h4H,2-3,5H2,1H3,(H,14,15). The molecule has 1 spiro atoms. The Labute approximate surface area is 102 Å². The number of furan rings is 1. The highest BCUT2D eigenvalue weighted by atomic mass is 32.2. The second-order valence-electron chi connectivity index (χ2n) is 4.47. The van der Waals surface area contributed by atoms with Crippen molar-refractivity contribution in [1.82, 2.24) is 0 Å². The second kappa shape index (κ2) is 3.29. The van der Waals surface area contributed by atoms with Gasteiger partial charge in [-0.2, -0.15) is 0 Å². The zero-order valence-corrected chi connectivity index (χ0v) is 10.0. The summed E-state index contributed by atoms with van der Waals surface area (Å²) >= 11 is 1.63. The molecular formula is C11H11NO4S. The van der Waals surface area contributed by atoms with Gasteiger partial charge in [-0.15, -0.1) is 11.8 Å². The van der Waals surface area contributed by atoms with Crippen molar-refractivity contribution in [2.45, 2.75) is 29.4 Å². The third-order valence-corrected chi connectivity index (χ3v) is 4.64. The average molecular weight is 253 g/mol. The Morgan fingerprint density at radius 1 is 1.53 bits per heavy atom. The number of thioether (sulfide) groups is 1. The van der Waals surface area contributed by atoms with Crippen molar-refractivity contribution >= 4 is 29.3 Å². The molecule has 0 aromatic carbocycles. The van der Waals surface area contributed by atoms with Gasteiger partial charge in [0, 0.05) is 18.2 Å². The van der Waals surface area contributed by atoms with Gasteiger partial charge in [0.2, 0.25) is 11.7 Å². The number of amides is 1. The first-order valence-electron chi connectivity index (χ1n) is 5.34. The fraction of sp³-hybridized carbons (Fsp3) is 0.455. The van der Waals surface area contributed by atoms with Crippen molar-refractivity contribution in [2.75, 3.05) is 11.4 Å². The summed E-state index contributed by atoms with van der Waals surface area (Å²) in [7, 11) is 0. The molecule has 17 heavy (non-hydrogen) atoms. The lowest BCUT2D eigenvalue weighted by atomic mass is 10.2. The summed E-state index contributed by atoms with van der Waals surface area (Å²) in [4.78, 5) is 25.0. The molecule has 0 unspecified atom stereocenters. The van der Waals surface area contributed by atoms with Gasteiger partial charge in [0.25, 0.3) is 0 Å². The molecule has 0 bridgehead atoms. The number of fused-ring (bicyclic) bond motifs is 1. The molecule has 1 aliphatic heterocycles. The van der Waals surface area contributed by atoms with E-state index in [1.165, 1.54) is 18.1 Å². The Morgan fingerprint density at radius 3 is 2.76 bits per heavy atom. The van der Waals surface area contributed by atoms with Crippen LogP contribution < -0.4 is 4.90 Å². The van der Waals surface area contributed by atoms with Crippen molar-refractivity contribution in [1.29, 1.82) is 0 Å². The molecule has 2 heterocycles. The van der Waals surface area contributed by atoms with Gasteiger partial charge in [-0.1, -0.05) is 0 Å². The molecule has 1 aromatic rings. The SMILES string of the molecule is CC(=O)N1CC2(CC2)Sc2coc(C(=O)O)c21. The van der Waals surface area contributed by atoms with Gasteiger partial charge in [-0.25, -0.2) is 4.79 Å². The first kappa shape index (κ1) is 10.7. The van der Waals surface area contributed by atoms with E-state index < -0.39 is 5.97 Å². The minimum Gasteiger partial charge on any atom is -0.475 e. The van der Waals surface area contributed by atoms with Gasteiger partial charge in [-0.3, -0.25) is 4.79 Å². The van der Waals surface area contributed by atoms with E-state index in [1.54, 1.807) is 11.8 Å². The summed E-state index contributed by atoms with van der Waals surface area (Å²) in [5, 5.41) is 9.03. The molecule has 1 amide bonds. The highest BCUT2D eigenvalue weighted by Gasteiger charge is 2.51. The molecule has 1 N–H and O–H groups in total. The van der Waals surface area contributed by atoms with E-state index in [1.807, 2.05) is 0 Å². The molecule has 1 aliphatic carbocycles. The lowest BCUT2D eigenvalue weighted by Crippen LogP contribution is -2.39. The number of rotatable bonds is 1.